The number of nitrogens with one attached hydrogen (secondary N) is 1. The zero-order valence-electron chi connectivity index (χ0n) is 4.40. The van der Waals surface area contributed by atoms with Crippen LogP contribution in [0, 0.1) is 5.41 Å². The Morgan fingerprint density at radius 2 is 2.43 bits per heavy atom. The lowest BCUT2D eigenvalue weighted by Gasteiger charge is -1.82. The summed E-state index contributed by atoms with van der Waals surface area (Å²) in [6.45, 7) is 1.80. The standard InChI is InChI=1S/C5H9NO/c1-2-5(7)3-4-6/h4,6H,2-3H2,1H3. The summed E-state index contributed by atoms with van der Waals surface area (Å²) in [4.78, 5) is 10.3. The highest BCUT2D eigenvalue weighted by atomic mass is 16.1. The van der Waals surface area contributed by atoms with Gasteiger partial charge in [-0.2, -0.15) is 0 Å². The monoisotopic (exact) mass is 99.1 g/mol. The number of ketones is 1. The summed E-state index contributed by atoms with van der Waals surface area (Å²) in [5, 5.41) is 6.49. The van der Waals surface area contributed by atoms with Gasteiger partial charge in [-0.3, -0.25) is 4.79 Å². The minimum atomic E-state index is 0.134. The molecule has 0 bridgehead atoms. The average molecular weight is 99.1 g/mol. The first-order chi connectivity index (χ1) is 3.31. The van der Waals surface area contributed by atoms with E-state index >= 15 is 0 Å². The highest BCUT2D eigenvalue weighted by Crippen LogP contribution is 1.81. The Bertz CT molecular complexity index is 78.1. The molecule has 0 aliphatic rings. The van der Waals surface area contributed by atoms with Gasteiger partial charge in [0.2, 0.25) is 0 Å². The minimum absolute atomic E-state index is 0.134. The molecule has 1 N–H and O–H groups in total. The van der Waals surface area contributed by atoms with Gasteiger partial charge in [-0.05, 0) is 0 Å². The van der Waals surface area contributed by atoms with Crippen molar-refractivity contribution < 1.29 is 4.79 Å². The normalized spacial score (nSPS) is 8.14. The maximum absolute atomic E-state index is 10.3. The molecule has 0 aromatic rings. The van der Waals surface area contributed by atoms with Gasteiger partial charge in [0.25, 0.3) is 0 Å². The van der Waals surface area contributed by atoms with Crippen molar-refractivity contribution in [2.45, 2.75) is 19.8 Å². The Hall–Kier alpha value is -0.660. The van der Waals surface area contributed by atoms with Crippen LogP contribution in [0.1, 0.15) is 19.8 Å². The third-order valence-corrected chi connectivity index (χ3v) is 0.724. The van der Waals surface area contributed by atoms with Gasteiger partial charge in [0.15, 0.2) is 0 Å². The summed E-state index contributed by atoms with van der Waals surface area (Å²) >= 11 is 0. The SMILES string of the molecule is CCC(=O)CC=N. The van der Waals surface area contributed by atoms with Crippen molar-refractivity contribution in [3.63, 3.8) is 0 Å². The smallest absolute Gasteiger partial charge is 0.137 e. The number of hydrogen-bond donors (Lipinski definition) is 1. The summed E-state index contributed by atoms with van der Waals surface area (Å²) in [7, 11) is 0. The third kappa shape index (κ3) is 3.16. The topological polar surface area (TPSA) is 40.9 Å². The second-order valence-electron chi connectivity index (χ2n) is 1.30. The maximum Gasteiger partial charge on any atom is 0.137 e. The molecule has 40 valence electrons. The molecule has 0 saturated carbocycles. The summed E-state index contributed by atoms with van der Waals surface area (Å²) in [5.74, 6) is 0.134. The fourth-order valence-corrected chi connectivity index (χ4v) is 0.258. The van der Waals surface area contributed by atoms with Crippen LogP contribution in [0.3, 0.4) is 0 Å². The van der Waals surface area contributed by atoms with E-state index in [2.05, 4.69) is 0 Å². The zero-order valence-corrected chi connectivity index (χ0v) is 4.40. The molecule has 7 heavy (non-hydrogen) atoms. The predicted octanol–water partition coefficient (Wildman–Crippen LogP) is 1.01. The molecule has 0 atom stereocenters. The number of carbonyl (C=O) groups excluding carboxylic acids is 1. The first-order valence-electron chi connectivity index (χ1n) is 2.32. The van der Waals surface area contributed by atoms with Crippen LogP contribution < -0.4 is 0 Å². The van der Waals surface area contributed by atoms with Gasteiger partial charge in [0.05, 0.1) is 0 Å². The van der Waals surface area contributed by atoms with Crippen LogP contribution in [-0.2, 0) is 4.79 Å². The van der Waals surface area contributed by atoms with E-state index in [1.54, 1.807) is 6.92 Å². The molecular formula is C5H9NO. The Balaban J connectivity index is 3.17. The van der Waals surface area contributed by atoms with Crippen LogP contribution in [0.25, 0.3) is 0 Å². The molecule has 0 aliphatic carbocycles. The van der Waals surface area contributed by atoms with E-state index in [-0.39, 0.29) is 5.78 Å². The molecule has 0 radical (unpaired) electrons. The van der Waals surface area contributed by atoms with Crippen LogP contribution in [0.5, 0.6) is 0 Å². The van der Waals surface area contributed by atoms with Crippen LogP contribution in [0.2, 0.25) is 0 Å². The van der Waals surface area contributed by atoms with Gasteiger partial charge in [-0.15, -0.1) is 0 Å². The first-order valence-corrected chi connectivity index (χ1v) is 2.32. The van der Waals surface area contributed by atoms with Crippen LogP contribution in [-0.4, -0.2) is 12.0 Å². The summed E-state index contributed by atoms with van der Waals surface area (Å²) in [5.41, 5.74) is 0. The summed E-state index contributed by atoms with van der Waals surface area (Å²) in [6, 6.07) is 0. The molecule has 0 fully saturated rings. The van der Waals surface area contributed by atoms with E-state index in [1.807, 2.05) is 0 Å². The van der Waals surface area contributed by atoms with Crippen LogP contribution in [0.4, 0.5) is 0 Å². The van der Waals surface area contributed by atoms with Crippen LogP contribution >= 0.6 is 0 Å². The summed E-state index contributed by atoms with van der Waals surface area (Å²) < 4.78 is 0. The predicted molar refractivity (Wildman–Crippen MR) is 28.7 cm³/mol. The largest absolute Gasteiger partial charge is 0.313 e. The van der Waals surface area contributed by atoms with Gasteiger partial charge in [0.1, 0.15) is 5.78 Å². The van der Waals surface area contributed by atoms with Gasteiger partial charge < -0.3 is 5.41 Å². The van der Waals surface area contributed by atoms with E-state index in [9.17, 15) is 4.79 Å². The van der Waals surface area contributed by atoms with Crippen molar-refractivity contribution in [3.05, 3.63) is 0 Å². The first kappa shape index (κ1) is 6.34. The molecule has 0 saturated heterocycles. The lowest BCUT2D eigenvalue weighted by molar-refractivity contribution is -0.117. The Labute approximate surface area is 43.0 Å². The molecule has 0 aliphatic heterocycles. The molecular weight excluding hydrogens is 90.1 g/mol. The van der Waals surface area contributed by atoms with Gasteiger partial charge in [-0.25, -0.2) is 0 Å². The van der Waals surface area contributed by atoms with E-state index in [4.69, 9.17) is 5.41 Å². The summed E-state index contributed by atoms with van der Waals surface area (Å²) in [6.07, 6.45) is 1.98. The Morgan fingerprint density at radius 1 is 1.86 bits per heavy atom. The van der Waals surface area contributed by atoms with Crippen molar-refractivity contribution in [1.82, 2.24) is 0 Å². The van der Waals surface area contributed by atoms with E-state index in [0.717, 1.165) is 6.21 Å². The van der Waals surface area contributed by atoms with E-state index in [0.29, 0.717) is 12.8 Å². The van der Waals surface area contributed by atoms with Crippen molar-refractivity contribution >= 4 is 12.0 Å². The van der Waals surface area contributed by atoms with Gasteiger partial charge in [-0.1, -0.05) is 6.92 Å². The molecule has 2 nitrogen and oxygen atoms in total. The van der Waals surface area contributed by atoms with Gasteiger partial charge >= 0.3 is 0 Å². The fourth-order valence-electron chi connectivity index (χ4n) is 0.258. The van der Waals surface area contributed by atoms with E-state index in [1.165, 1.54) is 0 Å². The average Bonchev–Trinajstić information content (AvgIpc) is 1.68. The van der Waals surface area contributed by atoms with Crippen LogP contribution in [0.15, 0.2) is 0 Å². The molecule has 0 aromatic heterocycles. The molecule has 0 aromatic carbocycles. The Kier molecular flexibility index (Phi) is 3.19. The molecule has 0 rings (SSSR count). The highest BCUT2D eigenvalue weighted by Gasteiger charge is 1.89. The quantitative estimate of drug-likeness (QED) is 0.527. The Morgan fingerprint density at radius 3 is 2.57 bits per heavy atom. The molecule has 0 unspecified atom stereocenters. The number of carbonyl (C=O) groups is 1. The molecule has 0 spiro atoms. The molecule has 0 amide bonds. The zero-order chi connectivity index (χ0) is 5.70. The van der Waals surface area contributed by atoms with E-state index < -0.39 is 0 Å². The lowest BCUT2D eigenvalue weighted by Crippen LogP contribution is -1.93. The van der Waals surface area contributed by atoms with Crippen molar-refractivity contribution in [2.75, 3.05) is 0 Å². The van der Waals surface area contributed by atoms with Gasteiger partial charge in [0, 0.05) is 19.1 Å². The number of Topliss-reactive ketones (excluding diaryl/α,β-unsaturated/α-hetero) is 1. The third-order valence-electron chi connectivity index (χ3n) is 0.724. The number of hydrogen-bond acceptors (Lipinski definition) is 2. The second-order valence-corrected chi connectivity index (χ2v) is 1.30. The van der Waals surface area contributed by atoms with Crippen molar-refractivity contribution in [2.24, 2.45) is 0 Å². The lowest BCUT2D eigenvalue weighted by atomic mass is 10.2. The number of rotatable bonds is 3. The minimum Gasteiger partial charge on any atom is -0.313 e. The molecule has 0 heterocycles. The fraction of sp³-hybridized carbons (Fsp3) is 0.600. The maximum atomic E-state index is 10.3. The van der Waals surface area contributed by atoms with Crippen molar-refractivity contribution in [3.8, 4) is 0 Å². The molecule has 2 heteroatoms. The second kappa shape index (κ2) is 3.53. The highest BCUT2D eigenvalue weighted by molar-refractivity contribution is 5.90. The van der Waals surface area contributed by atoms with Crippen molar-refractivity contribution in [1.29, 1.82) is 5.41 Å².